The zero-order valence-corrected chi connectivity index (χ0v) is 19.0. The molecule has 0 fully saturated rings. The van der Waals surface area contributed by atoms with E-state index >= 15 is 0 Å². The van der Waals surface area contributed by atoms with Crippen LogP contribution in [0.2, 0.25) is 5.02 Å². The SMILES string of the molecule is Cc1sc(N(Cc2ccc(Cl)cc2)c2ccc(C(F)(F)F)nc2)nc1C(=O)NS(C)(=O)=O. The van der Waals surface area contributed by atoms with E-state index in [4.69, 9.17) is 11.6 Å². The van der Waals surface area contributed by atoms with Crippen LogP contribution < -0.4 is 9.62 Å². The highest BCUT2D eigenvalue weighted by molar-refractivity contribution is 7.89. The number of nitrogens with one attached hydrogen (secondary N) is 1. The van der Waals surface area contributed by atoms with Gasteiger partial charge in [-0.3, -0.25) is 4.79 Å². The number of thiazole rings is 1. The summed E-state index contributed by atoms with van der Waals surface area (Å²) < 4.78 is 63.4. The van der Waals surface area contributed by atoms with Crippen LogP contribution >= 0.6 is 22.9 Å². The summed E-state index contributed by atoms with van der Waals surface area (Å²) in [6, 6.07) is 8.91. The minimum atomic E-state index is -4.59. The molecular weight excluding hydrogens is 489 g/mol. The summed E-state index contributed by atoms with van der Waals surface area (Å²) in [5, 5.41) is 0.791. The van der Waals surface area contributed by atoms with Gasteiger partial charge in [0, 0.05) is 9.90 Å². The Labute approximate surface area is 190 Å². The average molecular weight is 505 g/mol. The third-order valence-corrected chi connectivity index (χ3v) is 5.92. The van der Waals surface area contributed by atoms with Gasteiger partial charge in [-0.25, -0.2) is 23.1 Å². The number of alkyl halides is 3. The van der Waals surface area contributed by atoms with E-state index < -0.39 is 27.8 Å². The van der Waals surface area contributed by atoms with Gasteiger partial charge in [-0.2, -0.15) is 13.2 Å². The zero-order valence-electron chi connectivity index (χ0n) is 16.6. The number of hydrogen-bond donors (Lipinski definition) is 1. The van der Waals surface area contributed by atoms with Crippen molar-refractivity contribution in [2.24, 2.45) is 0 Å². The van der Waals surface area contributed by atoms with E-state index in [1.807, 2.05) is 4.72 Å². The quantitative estimate of drug-likeness (QED) is 0.529. The number of nitrogens with zero attached hydrogens (tertiary/aromatic N) is 3. The first kappa shape index (κ1) is 24.0. The van der Waals surface area contributed by atoms with Crippen LogP contribution in [0.4, 0.5) is 24.0 Å². The van der Waals surface area contributed by atoms with Crippen LogP contribution in [0, 0.1) is 6.92 Å². The van der Waals surface area contributed by atoms with Crippen LogP contribution in [-0.4, -0.2) is 30.5 Å². The second-order valence-electron chi connectivity index (χ2n) is 6.72. The number of carbonyl (C=O) groups excluding carboxylic acids is 1. The molecule has 2 aromatic heterocycles. The van der Waals surface area contributed by atoms with Gasteiger partial charge in [-0.15, -0.1) is 11.3 Å². The number of benzene rings is 1. The molecule has 0 atom stereocenters. The second-order valence-corrected chi connectivity index (χ2v) is 10.1. The number of anilines is 2. The second kappa shape index (κ2) is 9.04. The highest BCUT2D eigenvalue weighted by Crippen LogP contribution is 2.34. The van der Waals surface area contributed by atoms with Gasteiger partial charge in [-0.1, -0.05) is 23.7 Å². The van der Waals surface area contributed by atoms with Gasteiger partial charge in [0.05, 0.1) is 24.7 Å². The molecule has 1 aromatic carbocycles. The maximum Gasteiger partial charge on any atom is 0.433 e. The Morgan fingerprint density at radius 3 is 2.38 bits per heavy atom. The Kier molecular flexibility index (Phi) is 6.77. The molecular formula is C19H16ClF3N4O3S2. The monoisotopic (exact) mass is 504 g/mol. The number of hydrogen-bond acceptors (Lipinski definition) is 7. The van der Waals surface area contributed by atoms with E-state index in [0.717, 1.165) is 35.4 Å². The minimum absolute atomic E-state index is 0.101. The number of halogens is 4. The molecule has 0 spiro atoms. The zero-order chi connectivity index (χ0) is 23.7. The number of amides is 1. The average Bonchev–Trinajstić information content (AvgIpc) is 3.07. The molecule has 7 nitrogen and oxygen atoms in total. The molecule has 1 amide bonds. The molecule has 13 heteroatoms. The standard InChI is InChI=1S/C19H16ClF3N4O3S2/c1-11-16(17(28)26-32(2,29)30)25-18(31-11)27(10-12-3-5-13(20)6-4-12)14-7-8-15(24-9-14)19(21,22)23/h3-9H,10H2,1-2H3,(H,26,28). The lowest BCUT2D eigenvalue weighted by atomic mass is 10.2. The molecule has 0 saturated heterocycles. The van der Waals surface area contributed by atoms with E-state index in [-0.39, 0.29) is 17.4 Å². The van der Waals surface area contributed by atoms with Gasteiger partial charge in [-0.05, 0) is 36.8 Å². The number of carbonyl (C=O) groups is 1. The first-order chi connectivity index (χ1) is 14.8. The predicted octanol–water partition coefficient (Wildman–Crippen LogP) is 4.55. The van der Waals surface area contributed by atoms with Crippen molar-refractivity contribution in [2.45, 2.75) is 19.6 Å². The summed E-state index contributed by atoms with van der Waals surface area (Å²) in [4.78, 5) is 22.0. The summed E-state index contributed by atoms with van der Waals surface area (Å²) in [5.74, 6) is -0.899. The molecule has 0 aliphatic heterocycles. The van der Waals surface area contributed by atoms with Crippen LogP contribution in [0.25, 0.3) is 0 Å². The first-order valence-corrected chi connectivity index (χ1v) is 12.0. The molecule has 32 heavy (non-hydrogen) atoms. The lowest BCUT2D eigenvalue weighted by Crippen LogP contribution is -2.30. The van der Waals surface area contributed by atoms with Crippen molar-refractivity contribution < 1.29 is 26.4 Å². The fourth-order valence-electron chi connectivity index (χ4n) is 2.68. The van der Waals surface area contributed by atoms with Crippen LogP contribution in [0.5, 0.6) is 0 Å². The van der Waals surface area contributed by atoms with Crippen LogP contribution in [0.1, 0.15) is 26.6 Å². The lowest BCUT2D eigenvalue weighted by molar-refractivity contribution is -0.141. The Morgan fingerprint density at radius 1 is 1.19 bits per heavy atom. The largest absolute Gasteiger partial charge is 0.433 e. The van der Waals surface area contributed by atoms with E-state index in [0.29, 0.717) is 15.6 Å². The highest BCUT2D eigenvalue weighted by Gasteiger charge is 2.32. The number of aryl methyl sites for hydroxylation is 1. The minimum Gasteiger partial charge on any atom is -0.312 e. The molecule has 170 valence electrons. The van der Waals surface area contributed by atoms with Gasteiger partial charge in [0.2, 0.25) is 10.0 Å². The van der Waals surface area contributed by atoms with Gasteiger partial charge in [0.15, 0.2) is 5.13 Å². The summed E-state index contributed by atoms with van der Waals surface area (Å²) in [5.41, 5.74) is -0.0753. The number of aromatic nitrogens is 2. The molecule has 2 heterocycles. The summed E-state index contributed by atoms with van der Waals surface area (Å²) >= 11 is 7.01. The summed E-state index contributed by atoms with van der Waals surface area (Å²) in [6.45, 7) is 1.77. The fourth-order valence-corrected chi connectivity index (χ4v) is 4.17. The Morgan fingerprint density at radius 2 is 1.84 bits per heavy atom. The Bertz CT molecular complexity index is 1230. The van der Waals surface area contributed by atoms with Crippen molar-refractivity contribution in [3.8, 4) is 0 Å². The molecule has 0 radical (unpaired) electrons. The van der Waals surface area contributed by atoms with Crippen molar-refractivity contribution in [1.29, 1.82) is 0 Å². The normalized spacial score (nSPS) is 11.9. The molecule has 1 N–H and O–H groups in total. The Hall–Kier alpha value is -2.70. The van der Waals surface area contributed by atoms with E-state index in [2.05, 4.69) is 9.97 Å². The fraction of sp³-hybridized carbons (Fsp3) is 0.211. The molecule has 0 unspecified atom stereocenters. The van der Waals surface area contributed by atoms with Crippen molar-refractivity contribution in [2.75, 3.05) is 11.2 Å². The van der Waals surface area contributed by atoms with Gasteiger partial charge in [0.1, 0.15) is 11.4 Å². The summed E-state index contributed by atoms with van der Waals surface area (Å²) in [7, 11) is -3.80. The molecule has 0 aliphatic carbocycles. The van der Waals surface area contributed by atoms with E-state index in [1.54, 1.807) is 36.1 Å². The summed E-state index contributed by atoms with van der Waals surface area (Å²) in [6.07, 6.45) is -2.69. The van der Waals surface area contributed by atoms with Crippen LogP contribution in [0.15, 0.2) is 42.6 Å². The third-order valence-electron chi connectivity index (χ3n) is 4.11. The molecule has 3 rings (SSSR count). The van der Waals surface area contributed by atoms with Crippen LogP contribution in [0.3, 0.4) is 0 Å². The molecule has 0 saturated carbocycles. The maximum atomic E-state index is 12.9. The molecule has 0 bridgehead atoms. The maximum absolute atomic E-state index is 12.9. The predicted molar refractivity (Wildman–Crippen MR) is 116 cm³/mol. The lowest BCUT2D eigenvalue weighted by Gasteiger charge is -2.22. The Balaban J connectivity index is 2.02. The smallest absolute Gasteiger partial charge is 0.312 e. The third kappa shape index (κ3) is 5.96. The van der Waals surface area contributed by atoms with Crippen LogP contribution in [-0.2, 0) is 22.7 Å². The topological polar surface area (TPSA) is 92.3 Å². The first-order valence-electron chi connectivity index (χ1n) is 8.88. The van der Waals surface area contributed by atoms with Gasteiger partial charge in [0.25, 0.3) is 5.91 Å². The van der Waals surface area contributed by atoms with E-state index in [1.165, 1.54) is 6.07 Å². The van der Waals surface area contributed by atoms with Crippen molar-refractivity contribution in [3.05, 3.63) is 69.4 Å². The highest BCUT2D eigenvalue weighted by atomic mass is 35.5. The molecule has 3 aromatic rings. The molecule has 0 aliphatic rings. The van der Waals surface area contributed by atoms with Crippen molar-refractivity contribution in [3.63, 3.8) is 0 Å². The number of sulfonamides is 1. The van der Waals surface area contributed by atoms with E-state index in [9.17, 15) is 26.4 Å². The van der Waals surface area contributed by atoms with Gasteiger partial charge < -0.3 is 4.90 Å². The van der Waals surface area contributed by atoms with Crippen molar-refractivity contribution >= 4 is 49.7 Å². The number of rotatable bonds is 6. The van der Waals surface area contributed by atoms with Crippen molar-refractivity contribution in [1.82, 2.24) is 14.7 Å². The van der Waals surface area contributed by atoms with Gasteiger partial charge >= 0.3 is 6.18 Å². The number of pyridine rings is 1.